The Balaban J connectivity index is 2.29. The lowest BCUT2D eigenvalue weighted by Crippen LogP contribution is -1.93. The van der Waals surface area contributed by atoms with Gasteiger partial charge in [0.1, 0.15) is 0 Å². The summed E-state index contributed by atoms with van der Waals surface area (Å²) in [6, 6.07) is 5.34. The Labute approximate surface area is 127 Å². The van der Waals surface area contributed by atoms with Gasteiger partial charge in [0.2, 0.25) is 0 Å². The van der Waals surface area contributed by atoms with Crippen LogP contribution < -0.4 is 4.74 Å². The van der Waals surface area contributed by atoms with Gasteiger partial charge in [0, 0.05) is 6.42 Å². The second-order valence-corrected chi connectivity index (χ2v) is 5.22. The second kappa shape index (κ2) is 10.0. The molecule has 3 nitrogen and oxygen atoms in total. The topological polar surface area (TPSA) is 46.5 Å². The van der Waals surface area contributed by atoms with E-state index in [0.29, 0.717) is 12.2 Å². The van der Waals surface area contributed by atoms with Crippen molar-refractivity contribution in [3.63, 3.8) is 0 Å². The highest BCUT2D eigenvalue weighted by Gasteiger charge is 2.02. The minimum atomic E-state index is 0.152. The maximum absolute atomic E-state index is 11.6. The number of benzene rings is 1. The summed E-state index contributed by atoms with van der Waals surface area (Å²) in [6.45, 7) is 2.17. The van der Waals surface area contributed by atoms with Gasteiger partial charge in [-0.05, 0) is 43.0 Å². The molecule has 0 amide bonds. The zero-order valence-corrected chi connectivity index (χ0v) is 13.1. The van der Waals surface area contributed by atoms with Crippen LogP contribution in [0.25, 0.3) is 0 Å². The summed E-state index contributed by atoms with van der Waals surface area (Å²) in [5.41, 5.74) is 1.09. The first-order chi connectivity index (χ1) is 10.2. The Morgan fingerprint density at radius 3 is 2.81 bits per heavy atom. The fourth-order valence-corrected chi connectivity index (χ4v) is 2.15. The summed E-state index contributed by atoms with van der Waals surface area (Å²) < 4.78 is 5.07. The fraction of sp³-hybridized carbons (Fsp3) is 0.500. The van der Waals surface area contributed by atoms with Crippen LogP contribution in [0.1, 0.15) is 51.0 Å². The Morgan fingerprint density at radius 1 is 1.29 bits per heavy atom. The Morgan fingerprint density at radius 2 is 2.10 bits per heavy atom. The number of allylic oxidation sites excluding steroid dienone is 2. The highest BCUT2D eigenvalue weighted by Crippen LogP contribution is 2.26. The number of hydrogen-bond donors (Lipinski definition) is 1. The van der Waals surface area contributed by atoms with Crippen LogP contribution in [-0.4, -0.2) is 18.0 Å². The van der Waals surface area contributed by atoms with Crippen LogP contribution in [0.4, 0.5) is 0 Å². The van der Waals surface area contributed by atoms with Crippen molar-refractivity contribution in [1.82, 2.24) is 0 Å². The van der Waals surface area contributed by atoms with Gasteiger partial charge in [-0.3, -0.25) is 4.79 Å². The van der Waals surface area contributed by atoms with E-state index in [1.54, 1.807) is 12.1 Å². The lowest BCUT2D eigenvalue weighted by molar-refractivity contribution is -0.114. The molecule has 1 N–H and O–H groups in total. The number of phenols is 1. The third-order valence-electron chi connectivity index (χ3n) is 3.42. The number of phenolic OH excluding ortho intramolecular Hbond substituents is 1. The molecule has 0 aliphatic carbocycles. The molecule has 3 heteroatoms. The number of ether oxygens (including phenoxy) is 1. The monoisotopic (exact) mass is 290 g/mol. The first kappa shape index (κ1) is 17.3. The molecule has 116 valence electrons. The number of unbranched alkanes of at least 4 members (excludes halogenated alkanes) is 3. The predicted molar refractivity (Wildman–Crippen MR) is 85.9 cm³/mol. The first-order valence-corrected chi connectivity index (χ1v) is 7.72. The van der Waals surface area contributed by atoms with E-state index in [0.717, 1.165) is 31.2 Å². The number of ketones is 1. The molecule has 0 saturated heterocycles. The average Bonchev–Trinajstić information content (AvgIpc) is 2.49. The van der Waals surface area contributed by atoms with Crippen molar-refractivity contribution in [1.29, 1.82) is 0 Å². The fourth-order valence-electron chi connectivity index (χ4n) is 2.15. The highest BCUT2D eigenvalue weighted by molar-refractivity contribution is 5.89. The molecule has 0 unspecified atom stereocenters. The van der Waals surface area contributed by atoms with Crippen molar-refractivity contribution >= 4 is 5.78 Å². The maximum atomic E-state index is 11.6. The minimum absolute atomic E-state index is 0.152. The highest BCUT2D eigenvalue weighted by atomic mass is 16.5. The second-order valence-electron chi connectivity index (χ2n) is 5.22. The standard InChI is InChI=1S/C18H26O3/c1-3-4-5-6-10-16(19)11-8-7-9-15-12-13-17(20)18(14-15)21-2/h8,11-14,20H,3-7,9-10H2,1-2H3. The third kappa shape index (κ3) is 6.98. The van der Waals surface area contributed by atoms with Crippen LogP contribution in [0.5, 0.6) is 11.5 Å². The van der Waals surface area contributed by atoms with Gasteiger partial charge in [-0.1, -0.05) is 38.3 Å². The van der Waals surface area contributed by atoms with E-state index in [1.807, 2.05) is 18.2 Å². The lowest BCUT2D eigenvalue weighted by Gasteiger charge is -2.05. The van der Waals surface area contributed by atoms with E-state index in [4.69, 9.17) is 4.74 Å². The number of carbonyl (C=O) groups is 1. The summed E-state index contributed by atoms with van der Waals surface area (Å²) in [5.74, 6) is 0.858. The zero-order chi connectivity index (χ0) is 15.5. The summed E-state index contributed by atoms with van der Waals surface area (Å²) in [7, 11) is 1.54. The Hall–Kier alpha value is -1.77. The van der Waals surface area contributed by atoms with Crippen LogP contribution in [0.3, 0.4) is 0 Å². The smallest absolute Gasteiger partial charge is 0.160 e. The number of hydrogen-bond acceptors (Lipinski definition) is 3. The van der Waals surface area contributed by atoms with Crippen molar-refractivity contribution in [2.75, 3.05) is 7.11 Å². The van der Waals surface area contributed by atoms with Crippen molar-refractivity contribution in [3.8, 4) is 11.5 Å². The zero-order valence-electron chi connectivity index (χ0n) is 13.1. The van der Waals surface area contributed by atoms with Gasteiger partial charge in [0.25, 0.3) is 0 Å². The molecule has 0 bridgehead atoms. The van der Waals surface area contributed by atoms with E-state index in [2.05, 4.69) is 6.92 Å². The van der Waals surface area contributed by atoms with E-state index in [9.17, 15) is 9.90 Å². The molecular weight excluding hydrogens is 264 g/mol. The molecule has 0 aliphatic rings. The molecule has 1 rings (SSSR count). The van der Waals surface area contributed by atoms with Crippen LogP contribution >= 0.6 is 0 Å². The molecule has 0 aromatic heterocycles. The van der Waals surface area contributed by atoms with E-state index in [-0.39, 0.29) is 11.5 Å². The summed E-state index contributed by atoms with van der Waals surface area (Å²) in [5, 5.41) is 9.52. The van der Waals surface area contributed by atoms with Gasteiger partial charge in [-0.25, -0.2) is 0 Å². The quantitative estimate of drug-likeness (QED) is 0.512. The molecule has 0 saturated carbocycles. The molecule has 1 aromatic carbocycles. The predicted octanol–water partition coefficient (Wildman–Crippen LogP) is 4.43. The van der Waals surface area contributed by atoms with Crippen LogP contribution in [-0.2, 0) is 11.2 Å². The number of carbonyl (C=O) groups excluding carboxylic acids is 1. The van der Waals surface area contributed by atoms with Crippen molar-refractivity contribution in [3.05, 3.63) is 35.9 Å². The third-order valence-corrected chi connectivity index (χ3v) is 3.42. The van der Waals surface area contributed by atoms with Crippen molar-refractivity contribution in [2.45, 2.75) is 51.9 Å². The van der Waals surface area contributed by atoms with Gasteiger partial charge in [0.05, 0.1) is 7.11 Å². The average molecular weight is 290 g/mol. The van der Waals surface area contributed by atoms with E-state index >= 15 is 0 Å². The maximum Gasteiger partial charge on any atom is 0.160 e. The molecule has 0 fully saturated rings. The molecule has 0 heterocycles. The molecule has 1 aromatic rings. The first-order valence-electron chi connectivity index (χ1n) is 7.72. The molecule has 0 aliphatic heterocycles. The number of aromatic hydroxyl groups is 1. The summed E-state index contributed by atoms with van der Waals surface area (Å²) in [4.78, 5) is 11.6. The summed E-state index contributed by atoms with van der Waals surface area (Å²) in [6.07, 6.45) is 10.5. The van der Waals surface area contributed by atoms with Crippen LogP contribution in [0.2, 0.25) is 0 Å². The largest absolute Gasteiger partial charge is 0.504 e. The van der Waals surface area contributed by atoms with Gasteiger partial charge in [-0.15, -0.1) is 0 Å². The molecule has 0 spiro atoms. The van der Waals surface area contributed by atoms with Crippen LogP contribution in [0, 0.1) is 0 Å². The van der Waals surface area contributed by atoms with Crippen molar-refractivity contribution < 1.29 is 14.6 Å². The molecule has 0 atom stereocenters. The molecule has 0 radical (unpaired) electrons. The molecular formula is C18H26O3. The van der Waals surface area contributed by atoms with Crippen molar-refractivity contribution in [2.24, 2.45) is 0 Å². The van der Waals surface area contributed by atoms with Gasteiger partial charge < -0.3 is 9.84 Å². The number of aryl methyl sites for hydroxylation is 1. The van der Waals surface area contributed by atoms with Crippen LogP contribution in [0.15, 0.2) is 30.4 Å². The number of rotatable bonds is 10. The normalized spacial score (nSPS) is 11.0. The summed E-state index contributed by atoms with van der Waals surface area (Å²) >= 11 is 0. The van der Waals surface area contributed by atoms with Gasteiger partial charge in [0.15, 0.2) is 17.3 Å². The van der Waals surface area contributed by atoms with Gasteiger partial charge in [-0.2, -0.15) is 0 Å². The molecule has 21 heavy (non-hydrogen) atoms. The minimum Gasteiger partial charge on any atom is -0.504 e. The lowest BCUT2D eigenvalue weighted by atomic mass is 10.1. The number of methoxy groups -OCH3 is 1. The SMILES string of the molecule is CCCCCCC(=O)C=CCCc1ccc(O)c(OC)c1. The van der Waals surface area contributed by atoms with E-state index in [1.165, 1.54) is 20.0 Å². The Kier molecular flexibility index (Phi) is 8.25. The Bertz CT molecular complexity index is 464. The van der Waals surface area contributed by atoms with Gasteiger partial charge >= 0.3 is 0 Å². The van der Waals surface area contributed by atoms with E-state index < -0.39 is 0 Å².